The highest BCUT2D eigenvalue weighted by molar-refractivity contribution is 5.77. The first-order valence-electron chi connectivity index (χ1n) is 10.1. The summed E-state index contributed by atoms with van der Waals surface area (Å²) < 4.78 is 5.18. The summed E-state index contributed by atoms with van der Waals surface area (Å²) in [5.41, 5.74) is 1.37. The van der Waals surface area contributed by atoms with Gasteiger partial charge in [-0.1, -0.05) is 0 Å². The Labute approximate surface area is 162 Å². The molecule has 3 heterocycles. The van der Waals surface area contributed by atoms with E-state index < -0.39 is 0 Å². The molecule has 1 amide bonds. The molecule has 27 heavy (non-hydrogen) atoms. The third-order valence-electron chi connectivity index (χ3n) is 5.58. The summed E-state index contributed by atoms with van der Waals surface area (Å²) in [7, 11) is 1.69. The van der Waals surface area contributed by atoms with Crippen LogP contribution in [-0.4, -0.2) is 71.6 Å². The quantitative estimate of drug-likeness (QED) is 0.787. The highest BCUT2D eigenvalue weighted by Gasteiger charge is 2.41. The second-order valence-electron chi connectivity index (χ2n) is 8.34. The molecule has 1 aromatic rings. The number of carbonyl (C=O) groups is 1. The molecule has 0 unspecified atom stereocenters. The highest BCUT2D eigenvalue weighted by atomic mass is 16.5. The average Bonchev–Trinajstić information content (AvgIpc) is 2.64. The van der Waals surface area contributed by atoms with Crippen molar-refractivity contribution in [2.75, 3.05) is 45.2 Å². The second kappa shape index (κ2) is 8.97. The van der Waals surface area contributed by atoms with Gasteiger partial charge in [-0.25, -0.2) is 9.97 Å². The molecule has 7 heteroatoms. The van der Waals surface area contributed by atoms with Crippen LogP contribution < -0.4 is 5.32 Å². The smallest absolute Gasteiger partial charge is 0.222 e. The van der Waals surface area contributed by atoms with E-state index in [1.165, 1.54) is 12.8 Å². The number of anilines is 1. The van der Waals surface area contributed by atoms with E-state index in [4.69, 9.17) is 4.74 Å². The summed E-state index contributed by atoms with van der Waals surface area (Å²) in [6.07, 6.45) is 7.90. The van der Waals surface area contributed by atoms with Crippen molar-refractivity contribution < 1.29 is 9.53 Å². The zero-order chi connectivity index (χ0) is 19.3. The van der Waals surface area contributed by atoms with Crippen LogP contribution in [0.25, 0.3) is 0 Å². The van der Waals surface area contributed by atoms with Gasteiger partial charge in [-0.2, -0.15) is 0 Å². The minimum absolute atomic E-state index is 0.222. The normalized spacial score (nSPS) is 24.0. The number of rotatable bonds is 7. The molecule has 2 saturated heterocycles. The molecular formula is C20H33N5O2. The van der Waals surface area contributed by atoms with Crippen LogP contribution in [0, 0.1) is 5.41 Å². The van der Waals surface area contributed by atoms with Gasteiger partial charge in [-0.3, -0.25) is 9.69 Å². The number of methoxy groups -OCH3 is 1. The molecule has 0 saturated carbocycles. The van der Waals surface area contributed by atoms with Crippen LogP contribution >= 0.6 is 0 Å². The van der Waals surface area contributed by atoms with Gasteiger partial charge in [-0.15, -0.1) is 0 Å². The van der Waals surface area contributed by atoms with Crippen molar-refractivity contribution in [2.45, 2.75) is 52.1 Å². The van der Waals surface area contributed by atoms with E-state index in [9.17, 15) is 4.79 Å². The third kappa shape index (κ3) is 5.39. The summed E-state index contributed by atoms with van der Waals surface area (Å²) in [6.45, 7) is 9.34. The van der Waals surface area contributed by atoms with E-state index >= 15 is 0 Å². The zero-order valence-electron chi connectivity index (χ0n) is 16.9. The van der Waals surface area contributed by atoms with Gasteiger partial charge in [0.25, 0.3) is 0 Å². The van der Waals surface area contributed by atoms with Crippen molar-refractivity contribution in [3.8, 4) is 0 Å². The minimum Gasteiger partial charge on any atom is -0.383 e. The second-order valence-corrected chi connectivity index (χ2v) is 8.34. The molecule has 3 rings (SSSR count). The summed E-state index contributed by atoms with van der Waals surface area (Å²) in [5, 5.41) is 3.22. The Morgan fingerprint density at radius 2 is 2.04 bits per heavy atom. The Balaban J connectivity index is 1.59. The van der Waals surface area contributed by atoms with E-state index in [1.807, 2.05) is 17.3 Å². The SMILES string of the molecule is COCCN1C[C@]2(CCCN(Cc3cnc(NC(C)C)nc3)C2)CCC1=O. The molecule has 1 atom stereocenters. The fourth-order valence-electron chi connectivity index (χ4n) is 4.31. The first-order valence-corrected chi connectivity index (χ1v) is 10.1. The van der Waals surface area contributed by atoms with E-state index in [0.29, 0.717) is 31.6 Å². The fraction of sp³-hybridized carbons (Fsp3) is 0.750. The van der Waals surface area contributed by atoms with E-state index in [-0.39, 0.29) is 11.3 Å². The maximum Gasteiger partial charge on any atom is 0.222 e. The van der Waals surface area contributed by atoms with Gasteiger partial charge in [0.15, 0.2) is 0 Å². The number of carbonyl (C=O) groups excluding carboxylic acids is 1. The molecule has 1 aromatic heterocycles. The maximum absolute atomic E-state index is 12.2. The monoisotopic (exact) mass is 375 g/mol. The maximum atomic E-state index is 12.2. The Hall–Kier alpha value is -1.73. The van der Waals surface area contributed by atoms with Crippen molar-refractivity contribution in [1.29, 1.82) is 0 Å². The van der Waals surface area contributed by atoms with Gasteiger partial charge in [-0.05, 0) is 39.7 Å². The van der Waals surface area contributed by atoms with Crippen LogP contribution in [0.4, 0.5) is 5.95 Å². The Morgan fingerprint density at radius 1 is 1.26 bits per heavy atom. The largest absolute Gasteiger partial charge is 0.383 e. The number of hydrogen-bond acceptors (Lipinski definition) is 6. The van der Waals surface area contributed by atoms with Gasteiger partial charge in [0.1, 0.15) is 0 Å². The third-order valence-corrected chi connectivity index (χ3v) is 5.58. The summed E-state index contributed by atoms with van der Waals surface area (Å²) in [6, 6.07) is 0.327. The van der Waals surface area contributed by atoms with Gasteiger partial charge in [0.2, 0.25) is 11.9 Å². The van der Waals surface area contributed by atoms with E-state index in [2.05, 4.69) is 34.0 Å². The molecule has 0 bridgehead atoms. The van der Waals surface area contributed by atoms with Crippen LogP contribution in [0.3, 0.4) is 0 Å². The van der Waals surface area contributed by atoms with Crippen molar-refractivity contribution in [3.05, 3.63) is 18.0 Å². The number of likely N-dealkylation sites (tertiary alicyclic amines) is 2. The molecular weight excluding hydrogens is 342 g/mol. The van der Waals surface area contributed by atoms with Crippen LogP contribution in [-0.2, 0) is 16.1 Å². The first-order chi connectivity index (χ1) is 13.0. The standard InChI is InChI=1S/C20H33N5O2/c1-16(2)23-19-21-11-17(12-22-19)13-24-8-4-6-20(14-24)7-5-18(26)25(15-20)9-10-27-3/h11-12,16H,4-10,13-15H2,1-3H3,(H,21,22,23)/t20-/m1/s1. The number of nitrogens with one attached hydrogen (secondary N) is 1. The van der Waals surface area contributed by atoms with Gasteiger partial charge >= 0.3 is 0 Å². The fourth-order valence-corrected chi connectivity index (χ4v) is 4.31. The molecule has 150 valence electrons. The first kappa shape index (κ1) is 20.0. The number of amides is 1. The number of ether oxygens (including phenoxy) is 1. The lowest BCUT2D eigenvalue weighted by atomic mass is 9.73. The summed E-state index contributed by atoms with van der Waals surface area (Å²) in [5.74, 6) is 0.958. The lowest BCUT2D eigenvalue weighted by Gasteiger charge is -2.48. The molecule has 1 N–H and O–H groups in total. The van der Waals surface area contributed by atoms with Crippen molar-refractivity contribution >= 4 is 11.9 Å². The number of piperidine rings is 2. The van der Waals surface area contributed by atoms with E-state index in [0.717, 1.165) is 38.2 Å². The van der Waals surface area contributed by atoms with Gasteiger partial charge in [0.05, 0.1) is 6.61 Å². The zero-order valence-corrected chi connectivity index (χ0v) is 16.9. The molecule has 0 radical (unpaired) electrons. The van der Waals surface area contributed by atoms with Crippen molar-refractivity contribution in [1.82, 2.24) is 19.8 Å². The topological polar surface area (TPSA) is 70.6 Å². The summed E-state index contributed by atoms with van der Waals surface area (Å²) >= 11 is 0. The molecule has 2 aliphatic heterocycles. The Morgan fingerprint density at radius 3 is 2.74 bits per heavy atom. The molecule has 7 nitrogen and oxygen atoms in total. The number of hydrogen-bond donors (Lipinski definition) is 1. The molecule has 2 fully saturated rings. The van der Waals surface area contributed by atoms with Crippen LogP contribution in [0.1, 0.15) is 45.1 Å². The summed E-state index contributed by atoms with van der Waals surface area (Å²) in [4.78, 5) is 25.6. The lowest BCUT2D eigenvalue weighted by Crippen LogP contribution is -2.54. The lowest BCUT2D eigenvalue weighted by molar-refractivity contribution is -0.140. The van der Waals surface area contributed by atoms with Gasteiger partial charge < -0.3 is 15.0 Å². The molecule has 1 spiro atoms. The predicted octanol–water partition coefficient (Wildman–Crippen LogP) is 2.15. The molecule has 0 aliphatic carbocycles. The highest BCUT2D eigenvalue weighted by Crippen LogP contribution is 2.39. The average molecular weight is 376 g/mol. The Bertz CT molecular complexity index is 621. The molecule has 2 aliphatic rings. The van der Waals surface area contributed by atoms with Crippen molar-refractivity contribution in [3.63, 3.8) is 0 Å². The Kier molecular flexibility index (Phi) is 6.65. The van der Waals surface area contributed by atoms with E-state index in [1.54, 1.807) is 7.11 Å². The van der Waals surface area contributed by atoms with Crippen LogP contribution in [0.15, 0.2) is 12.4 Å². The molecule has 0 aromatic carbocycles. The number of nitrogens with zero attached hydrogens (tertiary/aromatic N) is 4. The van der Waals surface area contributed by atoms with Gasteiger partial charge in [0, 0.05) is 69.1 Å². The number of aromatic nitrogens is 2. The van der Waals surface area contributed by atoms with Crippen molar-refractivity contribution in [2.24, 2.45) is 5.41 Å². The van der Waals surface area contributed by atoms with Crippen LogP contribution in [0.2, 0.25) is 0 Å². The minimum atomic E-state index is 0.222. The van der Waals surface area contributed by atoms with Crippen LogP contribution in [0.5, 0.6) is 0 Å². The predicted molar refractivity (Wildman–Crippen MR) is 105 cm³/mol.